The van der Waals surface area contributed by atoms with Crippen LogP contribution in [0.1, 0.15) is 58.7 Å². The molecular weight excluding hydrogens is 250 g/mol. The molecule has 20 heavy (non-hydrogen) atoms. The summed E-state index contributed by atoms with van der Waals surface area (Å²) >= 11 is 0. The summed E-state index contributed by atoms with van der Waals surface area (Å²) in [6.07, 6.45) is 6.61. The Bertz CT molecular complexity index is 358. The molecule has 0 aliphatic carbocycles. The van der Waals surface area contributed by atoms with Gasteiger partial charge in [-0.1, -0.05) is 20.3 Å². The van der Waals surface area contributed by atoms with Crippen LogP contribution in [0.3, 0.4) is 0 Å². The van der Waals surface area contributed by atoms with Crippen LogP contribution in [0.2, 0.25) is 0 Å². The first-order valence-corrected chi connectivity index (χ1v) is 7.99. The Morgan fingerprint density at radius 3 is 2.65 bits per heavy atom. The summed E-state index contributed by atoms with van der Waals surface area (Å²) in [6.45, 7) is 9.43. The van der Waals surface area contributed by atoms with Crippen LogP contribution < -0.4 is 5.32 Å². The fraction of sp³-hybridized carbons (Fsp3) is 0.812. The molecule has 1 rings (SSSR count). The molecule has 1 aromatic heterocycles. The van der Waals surface area contributed by atoms with Crippen molar-refractivity contribution in [2.45, 2.75) is 71.6 Å². The van der Waals surface area contributed by atoms with E-state index < -0.39 is 0 Å². The number of hydrogen-bond acceptors (Lipinski definition) is 3. The Balaban J connectivity index is 2.68. The van der Waals surface area contributed by atoms with Gasteiger partial charge in [-0.2, -0.15) is 5.10 Å². The molecule has 1 N–H and O–H groups in total. The van der Waals surface area contributed by atoms with Crippen LogP contribution in [0, 0.1) is 0 Å². The fourth-order valence-corrected chi connectivity index (χ4v) is 2.46. The zero-order chi connectivity index (χ0) is 15.0. The molecule has 0 amide bonds. The lowest BCUT2D eigenvalue weighted by Crippen LogP contribution is -2.41. The lowest BCUT2D eigenvalue weighted by Gasteiger charge is -2.26. The van der Waals surface area contributed by atoms with Crippen LogP contribution >= 0.6 is 0 Å². The first-order valence-electron chi connectivity index (χ1n) is 7.99. The molecule has 0 radical (unpaired) electrons. The summed E-state index contributed by atoms with van der Waals surface area (Å²) in [5, 5.41) is 8.09. The van der Waals surface area contributed by atoms with Gasteiger partial charge < -0.3 is 10.1 Å². The predicted molar refractivity (Wildman–Crippen MR) is 84.1 cm³/mol. The highest BCUT2D eigenvalue weighted by Crippen LogP contribution is 2.14. The average Bonchev–Trinajstić information content (AvgIpc) is 2.92. The third-order valence-electron chi connectivity index (χ3n) is 3.91. The van der Waals surface area contributed by atoms with Gasteiger partial charge in [0.15, 0.2) is 0 Å². The summed E-state index contributed by atoms with van der Waals surface area (Å²) in [6, 6.07) is 2.93. The van der Waals surface area contributed by atoms with Crippen molar-refractivity contribution in [3.8, 4) is 0 Å². The minimum atomic E-state index is 0.267. The van der Waals surface area contributed by atoms with E-state index in [4.69, 9.17) is 9.84 Å². The van der Waals surface area contributed by atoms with Crippen LogP contribution in [0.5, 0.6) is 0 Å². The largest absolute Gasteiger partial charge is 0.377 e. The molecule has 0 saturated carbocycles. The van der Waals surface area contributed by atoms with Crippen LogP contribution in [0.25, 0.3) is 0 Å². The van der Waals surface area contributed by atoms with Gasteiger partial charge >= 0.3 is 0 Å². The minimum Gasteiger partial charge on any atom is -0.377 e. The molecule has 0 saturated heterocycles. The topological polar surface area (TPSA) is 39.1 Å². The quantitative estimate of drug-likeness (QED) is 0.716. The van der Waals surface area contributed by atoms with Gasteiger partial charge in [-0.3, -0.25) is 4.68 Å². The van der Waals surface area contributed by atoms with E-state index in [9.17, 15) is 0 Å². The smallest absolute Gasteiger partial charge is 0.0731 e. The third kappa shape index (κ3) is 4.91. The van der Waals surface area contributed by atoms with Gasteiger partial charge in [0.25, 0.3) is 0 Å². The van der Waals surface area contributed by atoms with Gasteiger partial charge in [-0.25, -0.2) is 0 Å². The first kappa shape index (κ1) is 17.2. The Hall–Kier alpha value is -0.870. The Kier molecular flexibility index (Phi) is 7.85. The summed E-state index contributed by atoms with van der Waals surface area (Å²) in [4.78, 5) is 0. The summed E-state index contributed by atoms with van der Waals surface area (Å²) < 4.78 is 7.95. The minimum absolute atomic E-state index is 0.267. The van der Waals surface area contributed by atoms with Crippen molar-refractivity contribution in [3.63, 3.8) is 0 Å². The predicted octanol–water partition coefficient (Wildman–Crippen LogP) is 3.19. The van der Waals surface area contributed by atoms with E-state index in [2.05, 4.69) is 50.0 Å². The maximum atomic E-state index is 5.89. The van der Waals surface area contributed by atoms with E-state index in [0.29, 0.717) is 12.1 Å². The maximum Gasteiger partial charge on any atom is 0.0731 e. The number of hydrogen-bond donors (Lipinski definition) is 1. The van der Waals surface area contributed by atoms with E-state index in [1.54, 1.807) is 0 Å². The van der Waals surface area contributed by atoms with Crippen molar-refractivity contribution in [3.05, 3.63) is 18.0 Å². The SMILES string of the molecule is CCCC(OCC)C(Cc1ccn(C(C)CC)n1)NC. The summed E-state index contributed by atoms with van der Waals surface area (Å²) in [5.74, 6) is 0. The highest BCUT2D eigenvalue weighted by atomic mass is 16.5. The van der Waals surface area contributed by atoms with E-state index in [-0.39, 0.29) is 6.10 Å². The van der Waals surface area contributed by atoms with Gasteiger partial charge in [0.05, 0.1) is 11.8 Å². The van der Waals surface area contributed by atoms with Crippen molar-refractivity contribution in [1.82, 2.24) is 15.1 Å². The van der Waals surface area contributed by atoms with Gasteiger partial charge in [-0.05, 0) is 39.8 Å². The maximum absolute atomic E-state index is 5.89. The Morgan fingerprint density at radius 2 is 2.10 bits per heavy atom. The summed E-state index contributed by atoms with van der Waals surface area (Å²) in [5.41, 5.74) is 1.14. The van der Waals surface area contributed by atoms with Crippen molar-refractivity contribution < 1.29 is 4.74 Å². The molecule has 1 aromatic rings. The number of nitrogens with one attached hydrogen (secondary N) is 1. The van der Waals surface area contributed by atoms with Crippen molar-refractivity contribution in [2.24, 2.45) is 0 Å². The van der Waals surface area contributed by atoms with Crippen LogP contribution in [-0.4, -0.2) is 35.6 Å². The number of likely N-dealkylation sites (N-methyl/N-ethyl adjacent to an activating group) is 1. The number of nitrogens with zero attached hydrogens (tertiary/aromatic N) is 2. The van der Waals surface area contributed by atoms with Gasteiger partial charge in [0.1, 0.15) is 0 Å². The zero-order valence-electron chi connectivity index (χ0n) is 13.7. The molecule has 4 nitrogen and oxygen atoms in total. The number of ether oxygens (including phenoxy) is 1. The molecule has 0 aliphatic rings. The van der Waals surface area contributed by atoms with Gasteiger partial charge in [0, 0.05) is 31.3 Å². The Labute approximate surface area is 123 Å². The molecule has 3 unspecified atom stereocenters. The van der Waals surface area contributed by atoms with Crippen molar-refractivity contribution in [1.29, 1.82) is 0 Å². The second kappa shape index (κ2) is 9.14. The normalized spacial score (nSPS) is 16.1. The van der Waals surface area contributed by atoms with Crippen molar-refractivity contribution >= 4 is 0 Å². The molecule has 0 bridgehead atoms. The molecule has 3 atom stereocenters. The summed E-state index contributed by atoms with van der Waals surface area (Å²) in [7, 11) is 2.01. The van der Waals surface area contributed by atoms with E-state index in [1.807, 2.05) is 7.05 Å². The Morgan fingerprint density at radius 1 is 1.35 bits per heavy atom. The van der Waals surface area contributed by atoms with Crippen LogP contribution in [-0.2, 0) is 11.2 Å². The molecule has 0 fully saturated rings. The molecule has 4 heteroatoms. The molecule has 1 heterocycles. The third-order valence-corrected chi connectivity index (χ3v) is 3.91. The molecule has 0 spiro atoms. The first-order chi connectivity index (χ1) is 9.65. The zero-order valence-corrected chi connectivity index (χ0v) is 13.7. The fourth-order valence-electron chi connectivity index (χ4n) is 2.46. The number of rotatable bonds is 10. The van der Waals surface area contributed by atoms with Gasteiger partial charge in [-0.15, -0.1) is 0 Å². The number of aromatic nitrogens is 2. The second-order valence-electron chi connectivity index (χ2n) is 5.43. The highest BCUT2D eigenvalue weighted by Gasteiger charge is 2.21. The lowest BCUT2D eigenvalue weighted by molar-refractivity contribution is 0.0298. The second-order valence-corrected chi connectivity index (χ2v) is 5.43. The van der Waals surface area contributed by atoms with E-state index in [1.165, 1.54) is 0 Å². The van der Waals surface area contributed by atoms with Crippen molar-refractivity contribution in [2.75, 3.05) is 13.7 Å². The highest BCUT2D eigenvalue weighted by molar-refractivity contribution is 5.03. The standard InChI is InChI=1S/C16H31N3O/c1-6-9-16(20-8-3)15(17-5)12-14-10-11-19(18-14)13(4)7-2/h10-11,13,15-17H,6-9,12H2,1-5H3. The molecule has 0 aromatic carbocycles. The molecular formula is C16H31N3O. The average molecular weight is 281 g/mol. The molecule has 0 aliphatic heterocycles. The van der Waals surface area contributed by atoms with Gasteiger partial charge in [0.2, 0.25) is 0 Å². The van der Waals surface area contributed by atoms with E-state index >= 15 is 0 Å². The molecule has 116 valence electrons. The van der Waals surface area contributed by atoms with E-state index in [0.717, 1.165) is 38.0 Å². The lowest BCUT2D eigenvalue weighted by atomic mass is 10.0. The van der Waals surface area contributed by atoms with Crippen LogP contribution in [0.15, 0.2) is 12.3 Å². The monoisotopic (exact) mass is 281 g/mol. The van der Waals surface area contributed by atoms with Crippen LogP contribution in [0.4, 0.5) is 0 Å².